The highest BCUT2D eigenvalue weighted by Gasteiger charge is 2.32. The Morgan fingerprint density at radius 3 is 3.10 bits per heavy atom. The van der Waals surface area contributed by atoms with Gasteiger partial charge < -0.3 is 15.4 Å². The lowest BCUT2D eigenvalue weighted by atomic mass is 9.91. The first kappa shape index (κ1) is 15.6. The van der Waals surface area contributed by atoms with E-state index in [9.17, 15) is 4.79 Å². The minimum Gasteiger partial charge on any atom is -0.497 e. The molecule has 3 atom stereocenters. The van der Waals surface area contributed by atoms with Crippen molar-refractivity contribution in [2.24, 2.45) is 11.8 Å². The van der Waals surface area contributed by atoms with Crippen LogP contribution in [-0.4, -0.2) is 26.1 Å². The highest BCUT2D eigenvalue weighted by Crippen LogP contribution is 2.23. The van der Waals surface area contributed by atoms with E-state index in [4.69, 9.17) is 4.74 Å². The quantitative estimate of drug-likeness (QED) is 0.790. The van der Waals surface area contributed by atoms with Gasteiger partial charge in [-0.25, -0.2) is 0 Å². The minimum atomic E-state index is -0.0300. The molecule has 1 heterocycles. The van der Waals surface area contributed by atoms with E-state index in [2.05, 4.69) is 17.2 Å². The van der Waals surface area contributed by atoms with Crippen molar-refractivity contribution in [2.75, 3.05) is 20.2 Å². The monoisotopic (exact) mass is 288 g/mol. The summed E-state index contributed by atoms with van der Waals surface area (Å²) in [5.74, 6) is 1.29. The predicted octanol–water partition coefficient (Wildman–Crippen LogP) is 2.28. The van der Waals surface area contributed by atoms with Crippen molar-refractivity contribution in [2.45, 2.75) is 19.4 Å². The van der Waals surface area contributed by atoms with Gasteiger partial charge in [0.05, 0.1) is 19.1 Å². The summed E-state index contributed by atoms with van der Waals surface area (Å²) >= 11 is 0. The van der Waals surface area contributed by atoms with Gasteiger partial charge in [0.15, 0.2) is 0 Å². The van der Waals surface area contributed by atoms with Gasteiger partial charge in [0.25, 0.3) is 0 Å². The number of methoxy groups -OCH3 is 1. The molecule has 2 rings (SSSR count). The molecule has 1 amide bonds. The Labute approximate surface area is 126 Å². The predicted molar refractivity (Wildman–Crippen MR) is 84.2 cm³/mol. The molecule has 1 aliphatic rings. The van der Waals surface area contributed by atoms with E-state index >= 15 is 0 Å². The maximum Gasteiger partial charge on any atom is 0.225 e. The van der Waals surface area contributed by atoms with Gasteiger partial charge in [-0.15, -0.1) is 6.58 Å². The van der Waals surface area contributed by atoms with E-state index in [-0.39, 0.29) is 17.9 Å². The lowest BCUT2D eigenvalue weighted by Crippen LogP contribution is -2.36. The Hall–Kier alpha value is -1.81. The number of nitrogens with one attached hydrogen (secondary N) is 2. The van der Waals surface area contributed by atoms with Gasteiger partial charge >= 0.3 is 0 Å². The molecule has 1 fully saturated rings. The van der Waals surface area contributed by atoms with E-state index in [0.717, 1.165) is 30.8 Å². The molecule has 1 aromatic rings. The number of ether oxygens (including phenoxy) is 1. The Morgan fingerprint density at radius 2 is 2.38 bits per heavy atom. The summed E-state index contributed by atoms with van der Waals surface area (Å²) in [6.45, 7) is 7.40. The molecular weight excluding hydrogens is 264 g/mol. The van der Waals surface area contributed by atoms with Crippen molar-refractivity contribution in [1.29, 1.82) is 0 Å². The molecule has 114 valence electrons. The van der Waals surface area contributed by atoms with Crippen molar-refractivity contribution in [3.8, 4) is 5.75 Å². The molecule has 0 aromatic heterocycles. The van der Waals surface area contributed by atoms with E-state index in [1.54, 1.807) is 7.11 Å². The highest BCUT2D eigenvalue weighted by atomic mass is 16.5. The van der Waals surface area contributed by atoms with Crippen molar-refractivity contribution in [3.63, 3.8) is 0 Å². The third-order valence-corrected chi connectivity index (χ3v) is 4.10. The van der Waals surface area contributed by atoms with Gasteiger partial charge in [-0.3, -0.25) is 4.79 Å². The number of rotatable bonds is 6. The van der Waals surface area contributed by atoms with E-state index < -0.39 is 0 Å². The zero-order valence-corrected chi connectivity index (χ0v) is 12.8. The lowest BCUT2D eigenvalue weighted by molar-refractivity contribution is -0.126. The van der Waals surface area contributed by atoms with Crippen molar-refractivity contribution >= 4 is 5.91 Å². The standard InChI is InChI=1S/C17H24N2O2/c1-4-6-14-10-18-11-16(14)17(20)19-12(2)13-7-5-8-15(9-13)21-3/h4-5,7-9,12,14,16,18H,1,6,10-11H2,2-3H3,(H,19,20)/t12-,14+,16+/m0/s1. The SMILES string of the molecule is C=CC[C@@H]1CNC[C@H]1C(=O)N[C@@H](C)c1cccc(OC)c1. The summed E-state index contributed by atoms with van der Waals surface area (Å²) in [5, 5.41) is 6.40. The average molecular weight is 288 g/mol. The third-order valence-electron chi connectivity index (χ3n) is 4.10. The van der Waals surface area contributed by atoms with Crippen LogP contribution in [0.3, 0.4) is 0 Å². The molecule has 4 nitrogen and oxygen atoms in total. The summed E-state index contributed by atoms with van der Waals surface area (Å²) in [7, 11) is 1.65. The van der Waals surface area contributed by atoms with E-state index in [1.807, 2.05) is 37.3 Å². The van der Waals surface area contributed by atoms with Crippen LogP contribution in [-0.2, 0) is 4.79 Å². The fourth-order valence-corrected chi connectivity index (χ4v) is 2.82. The lowest BCUT2D eigenvalue weighted by Gasteiger charge is -2.21. The highest BCUT2D eigenvalue weighted by molar-refractivity contribution is 5.80. The molecule has 0 unspecified atom stereocenters. The van der Waals surface area contributed by atoms with Gasteiger partial charge in [0.1, 0.15) is 5.75 Å². The first-order valence-corrected chi connectivity index (χ1v) is 7.41. The number of amides is 1. The Kier molecular flexibility index (Phi) is 5.39. The first-order valence-electron chi connectivity index (χ1n) is 7.41. The second-order valence-electron chi connectivity index (χ2n) is 5.56. The molecule has 0 saturated carbocycles. The fourth-order valence-electron chi connectivity index (χ4n) is 2.82. The third kappa shape index (κ3) is 3.85. The maximum atomic E-state index is 12.5. The van der Waals surface area contributed by atoms with Crippen LogP contribution in [0.1, 0.15) is 24.9 Å². The maximum absolute atomic E-state index is 12.5. The largest absolute Gasteiger partial charge is 0.497 e. The molecule has 0 radical (unpaired) electrons. The first-order chi connectivity index (χ1) is 10.2. The smallest absolute Gasteiger partial charge is 0.225 e. The fraction of sp³-hybridized carbons (Fsp3) is 0.471. The van der Waals surface area contributed by atoms with Gasteiger partial charge in [0, 0.05) is 6.54 Å². The summed E-state index contributed by atoms with van der Waals surface area (Å²) in [6, 6.07) is 7.77. The molecule has 0 aliphatic carbocycles. The van der Waals surface area contributed by atoms with Crippen LogP contribution >= 0.6 is 0 Å². The normalized spacial score (nSPS) is 22.6. The van der Waals surface area contributed by atoms with Crippen LogP contribution in [0.15, 0.2) is 36.9 Å². The molecule has 1 aromatic carbocycles. The summed E-state index contributed by atoms with van der Waals surface area (Å²) in [6.07, 6.45) is 2.77. The van der Waals surface area contributed by atoms with Crippen LogP contribution in [0.5, 0.6) is 5.75 Å². The topological polar surface area (TPSA) is 50.4 Å². The second-order valence-corrected chi connectivity index (χ2v) is 5.56. The zero-order valence-electron chi connectivity index (χ0n) is 12.8. The average Bonchev–Trinajstić information content (AvgIpc) is 2.96. The number of hydrogen-bond donors (Lipinski definition) is 2. The number of benzene rings is 1. The van der Waals surface area contributed by atoms with Crippen LogP contribution in [0.2, 0.25) is 0 Å². The Bertz CT molecular complexity index is 501. The van der Waals surface area contributed by atoms with Gasteiger partial charge in [-0.05, 0) is 43.5 Å². The molecule has 4 heteroatoms. The van der Waals surface area contributed by atoms with Crippen LogP contribution in [0.25, 0.3) is 0 Å². The van der Waals surface area contributed by atoms with Crippen molar-refractivity contribution in [3.05, 3.63) is 42.5 Å². The zero-order chi connectivity index (χ0) is 15.2. The van der Waals surface area contributed by atoms with Crippen LogP contribution in [0, 0.1) is 11.8 Å². The Balaban J connectivity index is 1.99. The van der Waals surface area contributed by atoms with E-state index in [0.29, 0.717) is 5.92 Å². The number of hydrogen-bond acceptors (Lipinski definition) is 3. The van der Waals surface area contributed by atoms with Crippen LogP contribution in [0.4, 0.5) is 0 Å². The molecule has 1 saturated heterocycles. The summed E-state index contributed by atoms with van der Waals surface area (Å²) in [4.78, 5) is 12.5. The molecule has 2 N–H and O–H groups in total. The molecular formula is C17H24N2O2. The summed E-state index contributed by atoms with van der Waals surface area (Å²) < 4.78 is 5.23. The van der Waals surface area contributed by atoms with Crippen molar-refractivity contribution in [1.82, 2.24) is 10.6 Å². The van der Waals surface area contributed by atoms with Gasteiger partial charge in [-0.1, -0.05) is 18.2 Å². The Morgan fingerprint density at radius 1 is 1.57 bits per heavy atom. The molecule has 21 heavy (non-hydrogen) atoms. The molecule has 1 aliphatic heterocycles. The van der Waals surface area contributed by atoms with Crippen LogP contribution < -0.4 is 15.4 Å². The second kappa shape index (κ2) is 7.27. The van der Waals surface area contributed by atoms with Crippen molar-refractivity contribution < 1.29 is 9.53 Å². The van der Waals surface area contributed by atoms with E-state index in [1.165, 1.54) is 0 Å². The molecule has 0 bridgehead atoms. The minimum absolute atomic E-state index is 0.0241. The number of carbonyl (C=O) groups is 1. The molecule has 0 spiro atoms. The van der Waals surface area contributed by atoms with Gasteiger partial charge in [-0.2, -0.15) is 0 Å². The number of carbonyl (C=O) groups excluding carboxylic acids is 1. The number of allylic oxidation sites excluding steroid dienone is 1. The van der Waals surface area contributed by atoms with Gasteiger partial charge in [0.2, 0.25) is 5.91 Å². The summed E-state index contributed by atoms with van der Waals surface area (Å²) in [5.41, 5.74) is 1.05.